The fraction of sp³-hybridized carbons (Fsp3) is 0.314. The number of hydrogen-bond donors (Lipinski definition) is 0. The molecule has 0 fully saturated rings. The van der Waals surface area contributed by atoms with Crippen molar-refractivity contribution in [2.75, 3.05) is 9.80 Å². The van der Waals surface area contributed by atoms with Crippen molar-refractivity contribution >= 4 is 44.6 Å². The first-order valence-corrected chi connectivity index (χ1v) is 26.9. The quantitative estimate of drug-likeness (QED) is 0.135. The summed E-state index contributed by atoms with van der Waals surface area (Å²) in [7, 11) is 0. The van der Waals surface area contributed by atoms with E-state index in [1.807, 2.05) is 12.3 Å². The Labute approximate surface area is 468 Å². The van der Waals surface area contributed by atoms with Crippen molar-refractivity contribution < 1.29 is 25.8 Å². The molecule has 1 aliphatic rings. The van der Waals surface area contributed by atoms with Crippen LogP contribution in [0.15, 0.2) is 152 Å². The number of aromatic nitrogens is 2. The van der Waals surface area contributed by atoms with Gasteiger partial charge in [0.05, 0.1) is 0 Å². The number of para-hydroxylation sites is 1. The van der Waals surface area contributed by atoms with Gasteiger partial charge in [-0.15, -0.1) is 53.6 Å². The molecule has 3 heterocycles. The fourth-order valence-electron chi connectivity index (χ4n) is 10.8. The predicted molar refractivity (Wildman–Crippen MR) is 317 cm³/mol. The molecule has 0 radical (unpaired) electrons. The molecule has 5 nitrogen and oxygen atoms in total. The summed E-state index contributed by atoms with van der Waals surface area (Å²) >= 11 is 0. The number of fused-ring (bicyclic) bond motifs is 4. The molecule has 0 atom stereocenters. The van der Waals surface area contributed by atoms with Crippen LogP contribution in [-0.4, -0.2) is 9.55 Å². The minimum Gasteiger partial charge on any atom is -0.509 e. The monoisotopic (exact) mass is 1180 g/mol. The fourth-order valence-corrected chi connectivity index (χ4v) is 10.8. The van der Waals surface area contributed by atoms with E-state index in [1.165, 1.54) is 44.5 Å². The number of benzene rings is 7. The first-order chi connectivity index (χ1) is 35.3. The second-order valence-corrected chi connectivity index (χ2v) is 25.8. The van der Waals surface area contributed by atoms with Crippen molar-refractivity contribution in [2.24, 2.45) is 0 Å². The normalized spacial score (nSPS) is 13.4. The van der Waals surface area contributed by atoms with Crippen LogP contribution in [-0.2, 0) is 48.1 Å². The molecule has 0 aliphatic carbocycles. The van der Waals surface area contributed by atoms with Crippen LogP contribution in [0.1, 0.15) is 156 Å². The van der Waals surface area contributed by atoms with E-state index in [1.54, 1.807) is 0 Å². The van der Waals surface area contributed by atoms with E-state index in [0.717, 1.165) is 55.9 Å². The molecule has 9 aromatic rings. The second kappa shape index (κ2) is 19.9. The van der Waals surface area contributed by atoms with Crippen LogP contribution in [0.2, 0.25) is 0 Å². The maximum atomic E-state index is 7.12. The van der Waals surface area contributed by atoms with E-state index in [4.69, 9.17) is 9.72 Å². The molecule has 0 unspecified atom stereocenters. The molecule has 0 amide bonds. The molecule has 6 heteroatoms. The Morgan fingerprint density at radius 2 is 1.12 bits per heavy atom. The Kier molecular flexibility index (Phi) is 14.2. The van der Waals surface area contributed by atoms with Crippen molar-refractivity contribution in [3.8, 4) is 28.4 Å². The van der Waals surface area contributed by atoms with Crippen LogP contribution in [0.5, 0.6) is 11.5 Å². The van der Waals surface area contributed by atoms with E-state index in [-0.39, 0.29) is 48.1 Å². The average molecular weight is 1180 g/mol. The predicted octanol–water partition coefficient (Wildman–Crippen LogP) is 19.3. The SMILES string of the molecule is CC(C)c1ccccc1-c1cc(Oc2[c-]c3c(cc2)c2ccccc2n3-c2cc(C(C)(C)c3ccccc3)ccn2)[c-]c(N2[CH-]N(c3cc(C(C)(C)C)cc(C(C)(C)C)c3)c3cc(C(C)(C)C)c(C(C)(C)C)cc32)c1.[Pt]. The van der Waals surface area contributed by atoms with E-state index in [0.29, 0.717) is 17.4 Å². The van der Waals surface area contributed by atoms with Gasteiger partial charge in [0.2, 0.25) is 0 Å². The van der Waals surface area contributed by atoms with Gasteiger partial charge in [-0.3, -0.25) is 0 Å². The van der Waals surface area contributed by atoms with E-state index >= 15 is 0 Å². The summed E-state index contributed by atoms with van der Waals surface area (Å²) in [5.41, 5.74) is 16.8. The van der Waals surface area contributed by atoms with Crippen molar-refractivity contribution in [3.63, 3.8) is 0 Å². The van der Waals surface area contributed by atoms with Gasteiger partial charge in [-0.25, -0.2) is 4.98 Å². The van der Waals surface area contributed by atoms with Gasteiger partial charge in [0.1, 0.15) is 5.82 Å². The first-order valence-electron chi connectivity index (χ1n) is 26.9. The Hall–Kier alpha value is -6.42. The third-order valence-electron chi connectivity index (χ3n) is 15.4. The Morgan fingerprint density at radius 3 is 1.75 bits per heavy atom. The maximum Gasteiger partial charge on any atom is 0.135 e. The van der Waals surface area contributed by atoms with Gasteiger partial charge in [0.15, 0.2) is 0 Å². The number of pyridine rings is 1. The van der Waals surface area contributed by atoms with Gasteiger partial charge in [0, 0.05) is 66.8 Å². The van der Waals surface area contributed by atoms with Crippen LogP contribution in [0.4, 0.5) is 22.7 Å². The first kappa shape index (κ1) is 54.4. The molecule has 0 bridgehead atoms. The van der Waals surface area contributed by atoms with Crippen LogP contribution >= 0.6 is 0 Å². The van der Waals surface area contributed by atoms with E-state index < -0.39 is 0 Å². The van der Waals surface area contributed by atoms with Gasteiger partial charge >= 0.3 is 0 Å². The Balaban J connectivity index is 0.00000706. The van der Waals surface area contributed by atoms with Gasteiger partial charge in [0.25, 0.3) is 0 Å². The third-order valence-corrected chi connectivity index (χ3v) is 15.4. The zero-order valence-corrected chi connectivity index (χ0v) is 49.9. The topological polar surface area (TPSA) is 33.5 Å². The summed E-state index contributed by atoms with van der Waals surface area (Å²) in [5.74, 6) is 2.32. The average Bonchev–Trinajstić information content (AvgIpc) is 3.91. The molecule has 0 saturated heterocycles. The molecular weight excluding hydrogens is 1110 g/mol. The molecule has 0 spiro atoms. The van der Waals surface area contributed by atoms with Crippen molar-refractivity contribution in [1.82, 2.24) is 9.55 Å². The Morgan fingerprint density at radius 1 is 0.513 bits per heavy atom. The number of rotatable bonds is 9. The summed E-state index contributed by atoms with van der Waals surface area (Å²) < 4.78 is 9.35. The number of nitrogens with zero attached hydrogens (tertiary/aromatic N) is 4. The standard InChI is InChI=1S/C70H75N4O.Pt/c1-45(2)55-26-20-21-27-56(55)46-34-51(72-44-73(52-37-49(66(3,4)5)36-50(38-52)67(6,7)8)64-43-60(69(12,13)14)59(42-63(64)72)68(9,10)11)40-54(35-46)75-53-30-31-58-57-28-22-23-29-61(57)74(62(58)41-53)65-39-48(32-33-71-65)70(15,16)47-24-18-17-19-25-47;/h17-39,42-45H,1-16H3;/q-3;. The molecule has 394 valence electrons. The molecule has 0 saturated carbocycles. The van der Waals surface area contributed by atoms with E-state index in [9.17, 15) is 0 Å². The number of ether oxygens (including phenoxy) is 1. The number of anilines is 4. The largest absolute Gasteiger partial charge is 0.509 e. The molecule has 10 rings (SSSR count). The molecule has 1 aliphatic heterocycles. The second-order valence-electron chi connectivity index (χ2n) is 25.8. The van der Waals surface area contributed by atoms with Crippen LogP contribution in [0, 0.1) is 18.8 Å². The summed E-state index contributed by atoms with van der Waals surface area (Å²) in [6.45, 7) is 39.3. The molecular formula is C70H75N4OPt-3. The summed E-state index contributed by atoms with van der Waals surface area (Å²) in [6, 6.07) is 60.7. The van der Waals surface area contributed by atoms with Crippen LogP contribution < -0.4 is 14.5 Å². The van der Waals surface area contributed by atoms with Gasteiger partial charge in [-0.1, -0.05) is 195 Å². The van der Waals surface area contributed by atoms with Gasteiger partial charge in [-0.05, 0) is 120 Å². The molecule has 2 aromatic heterocycles. The third kappa shape index (κ3) is 10.3. The molecule has 76 heavy (non-hydrogen) atoms. The number of hydrogen-bond acceptors (Lipinski definition) is 4. The summed E-state index contributed by atoms with van der Waals surface area (Å²) in [5, 5.41) is 2.21. The smallest absolute Gasteiger partial charge is 0.135 e. The van der Waals surface area contributed by atoms with Crippen LogP contribution in [0.3, 0.4) is 0 Å². The van der Waals surface area contributed by atoms with Gasteiger partial charge in [-0.2, -0.15) is 6.07 Å². The molecule has 0 N–H and O–H groups in total. The zero-order valence-electron chi connectivity index (χ0n) is 47.6. The van der Waals surface area contributed by atoms with Crippen molar-refractivity contribution in [2.45, 2.75) is 144 Å². The Bertz CT molecular complexity index is 3580. The molecule has 7 aromatic carbocycles. The maximum absolute atomic E-state index is 7.12. The summed E-state index contributed by atoms with van der Waals surface area (Å²) in [6.07, 6.45) is 1.93. The summed E-state index contributed by atoms with van der Waals surface area (Å²) in [4.78, 5) is 9.78. The van der Waals surface area contributed by atoms with Crippen molar-refractivity contribution in [1.29, 1.82) is 0 Å². The minimum absolute atomic E-state index is 0. The van der Waals surface area contributed by atoms with E-state index in [2.05, 4.69) is 283 Å². The van der Waals surface area contributed by atoms with Crippen molar-refractivity contribution in [3.05, 3.63) is 210 Å². The van der Waals surface area contributed by atoms with Gasteiger partial charge < -0.3 is 19.1 Å². The minimum atomic E-state index is -0.248. The zero-order chi connectivity index (χ0) is 53.6. The van der Waals surface area contributed by atoms with Crippen LogP contribution in [0.25, 0.3) is 38.8 Å².